The van der Waals surface area contributed by atoms with Crippen molar-refractivity contribution in [2.75, 3.05) is 25.1 Å². The summed E-state index contributed by atoms with van der Waals surface area (Å²) in [7, 11) is 0. The Kier molecular flexibility index (Phi) is 7.74. The molecule has 1 amide bonds. The number of benzene rings is 1. The Morgan fingerprint density at radius 3 is 2.84 bits per heavy atom. The Balaban J connectivity index is 1.53. The lowest BCUT2D eigenvalue weighted by molar-refractivity contribution is -0.140. The minimum Gasteiger partial charge on any atom is -0.378 e. The first-order chi connectivity index (χ1) is 17.7. The smallest absolute Gasteiger partial charge is 0.378 e. The summed E-state index contributed by atoms with van der Waals surface area (Å²) in [5.74, 6) is 0.128. The van der Waals surface area contributed by atoms with Crippen molar-refractivity contribution in [2.24, 2.45) is 5.73 Å². The Hall–Kier alpha value is -3.97. The van der Waals surface area contributed by atoms with Gasteiger partial charge in [0.1, 0.15) is 0 Å². The molecule has 196 valence electrons. The van der Waals surface area contributed by atoms with Gasteiger partial charge in [0.05, 0.1) is 30.7 Å². The maximum atomic E-state index is 13.4. The quantitative estimate of drug-likeness (QED) is 0.237. The second-order valence-corrected chi connectivity index (χ2v) is 8.42. The number of nitrogens with zero attached hydrogens (tertiary/aromatic N) is 4. The zero-order chi connectivity index (χ0) is 26.6. The molecule has 0 aliphatic carbocycles. The molecule has 0 saturated carbocycles. The highest BCUT2D eigenvalue weighted by atomic mass is 19.4. The maximum absolute atomic E-state index is 13.4. The molecule has 0 fully saturated rings. The number of anilines is 2. The number of hydrogen-bond donors (Lipinski definition) is 4. The van der Waals surface area contributed by atoms with E-state index in [0.29, 0.717) is 48.9 Å². The lowest BCUT2D eigenvalue weighted by atomic mass is 10.0. The van der Waals surface area contributed by atoms with Crippen LogP contribution in [0.2, 0.25) is 0 Å². The van der Waals surface area contributed by atoms with Gasteiger partial charge in [-0.15, -0.1) is 0 Å². The molecule has 10 nitrogen and oxygen atoms in total. The molecule has 1 atom stereocenters. The Morgan fingerprint density at radius 1 is 1.30 bits per heavy atom. The fourth-order valence-corrected chi connectivity index (χ4v) is 3.83. The monoisotopic (exact) mass is 516 g/mol. The molecule has 0 aliphatic rings. The van der Waals surface area contributed by atoms with Crippen LogP contribution in [0.5, 0.6) is 0 Å². The second-order valence-electron chi connectivity index (χ2n) is 8.42. The number of rotatable bonds is 10. The van der Waals surface area contributed by atoms with Crippen molar-refractivity contribution >= 4 is 23.1 Å². The first-order valence-electron chi connectivity index (χ1n) is 11.6. The van der Waals surface area contributed by atoms with Gasteiger partial charge in [-0.1, -0.05) is 6.92 Å². The summed E-state index contributed by atoms with van der Waals surface area (Å²) in [4.78, 5) is 21.3. The van der Waals surface area contributed by atoms with E-state index in [-0.39, 0.29) is 23.2 Å². The van der Waals surface area contributed by atoms with Gasteiger partial charge in [-0.25, -0.2) is 9.97 Å². The van der Waals surface area contributed by atoms with Crippen molar-refractivity contribution in [1.82, 2.24) is 29.9 Å². The molecular weight excluding hydrogens is 489 g/mol. The van der Waals surface area contributed by atoms with Crippen LogP contribution in [-0.4, -0.2) is 56.3 Å². The number of carbonyl (C=O) groups is 1. The fraction of sp³-hybridized carbons (Fsp3) is 0.333. The molecule has 4 rings (SSSR count). The van der Waals surface area contributed by atoms with Crippen molar-refractivity contribution in [3.05, 3.63) is 59.8 Å². The van der Waals surface area contributed by atoms with E-state index in [4.69, 9.17) is 10.5 Å². The van der Waals surface area contributed by atoms with Crippen LogP contribution in [0.1, 0.15) is 35.5 Å². The number of ether oxygens (including phenoxy) is 1. The highest BCUT2D eigenvalue weighted by molar-refractivity contribution is 5.96. The summed E-state index contributed by atoms with van der Waals surface area (Å²) in [6.45, 7) is 4.91. The summed E-state index contributed by atoms with van der Waals surface area (Å²) in [6.07, 6.45) is 1.50. The number of hydrogen-bond acceptors (Lipinski definition) is 7. The average Bonchev–Trinajstić information content (AvgIpc) is 3.51. The molecule has 37 heavy (non-hydrogen) atoms. The molecule has 0 aliphatic heterocycles. The molecule has 3 heterocycles. The van der Waals surface area contributed by atoms with Gasteiger partial charge in [-0.2, -0.15) is 18.3 Å². The summed E-state index contributed by atoms with van der Waals surface area (Å²) >= 11 is 0. The van der Waals surface area contributed by atoms with E-state index in [1.165, 1.54) is 29.2 Å². The fourth-order valence-electron chi connectivity index (χ4n) is 3.83. The number of nitrogens with one attached hydrogen (secondary N) is 3. The van der Waals surface area contributed by atoms with E-state index in [1.54, 1.807) is 12.1 Å². The molecule has 1 aromatic carbocycles. The van der Waals surface area contributed by atoms with E-state index >= 15 is 0 Å². The van der Waals surface area contributed by atoms with Gasteiger partial charge in [0.25, 0.3) is 5.91 Å². The molecule has 0 bridgehead atoms. The number of imidazole rings is 1. The number of fused-ring (bicyclic) bond motifs is 1. The van der Waals surface area contributed by atoms with Gasteiger partial charge in [-0.3, -0.25) is 14.3 Å². The van der Waals surface area contributed by atoms with Crippen molar-refractivity contribution in [1.29, 1.82) is 0 Å². The number of nitrogens with two attached hydrogens (primary N) is 1. The van der Waals surface area contributed by atoms with E-state index in [9.17, 15) is 18.0 Å². The number of amides is 1. The highest BCUT2D eigenvalue weighted by Crippen LogP contribution is 2.36. The van der Waals surface area contributed by atoms with Crippen molar-refractivity contribution in [3.63, 3.8) is 0 Å². The van der Waals surface area contributed by atoms with Gasteiger partial charge >= 0.3 is 6.18 Å². The predicted molar refractivity (Wildman–Crippen MR) is 131 cm³/mol. The zero-order valence-electron chi connectivity index (χ0n) is 20.3. The molecule has 3 aromatic heterocycles. The van der Waals surface area contributed by atoms with Crippen LogP contribution in [0.3, 0.4) is 0 Å². The van der Waals surface area contributed by atoms with Crippen molar-refractivity contribution in [3.8, 4) is 11.3 Å². The van der Waals surface area contributed by atoms with Crippen molar-refractivity contribution in [2.45, 2.75) is 32.5 Å². The van der Waals surface area contributed by atoms with E-state index in [1.807, 2.05) is 19.9 Å². The third-order valence-electron chi connectivity index (χ3n) is 5.52. The first-order valence-corrected chi connectivity index (χ1v) is 11.6. The predicted octanol–water partition coefficient (Wildman–Crippen LogP) is 3.54. The lowest BCUT2D eigenvalue weighted by Crippen LogP contribution is -2.30. The first kappa shape index (κ1) is 26.1. The third kappa shape index (κ3) is 5.89. The average molecular weight is 517 g/mol. The Morgan fingerprint density at radius 2 is 2.11 bits per heavy atom. The second kappa shape index (κ2) is 11.0. The summed E-state index contributed by atoms with van der Waals surface area (Å²) in [5, 5.41) is 11.6. The number of H-pyrrole nitrogens is 1. The van der Waals surface area contributed by atoms with Crippen molar-refractivity contribution < 1.29 is 22.7 Å². The highest BCUT2D eigenvalue weighted by Gasteiger charge is 2.37. The molecule has 0 radical (unpaired) electrons. The molecule has 5 N–H and O–H groups in total. The molecule has 13 heteroatoms. The maximum Gasteiger partial charge on any atom is 0.435 e. The molecule has 4 aromatic rings. The van der Waals surface area contributed by atoms with Gasteiger partial charge in [0, 0.05) is 42.4 Å². The Bertz CT molecular complexity index is 1380. The topological polar surface area (TPSA) is 135 Å². The van der Waals surface area contributed by atoms with E-state index in [0.717, 1.165) is 5.56 Å². The zero-order valence-corrected chi connectivity index (χ0v) is 20.3. The number of aryl methyl sites for hydroxylation is 1. The van der Waals surface area contributed by atoms with Crippen LogP contribution < -0.4 is 16.4 Å². The minimum atomic E-state index is -4.62. The summed E-state index contributed by atoms with van der Waals surface area (Å²) in [5.41, 5.74) is 7.03. The normalized spacial score (nSPS) is 12.6. The number of alkyl halides is 3. The molecule has 0 spiro atoms. The lowest BCUT2D eigenvalue weighted by Gasteiger charge is -2.13. The minimum absolute atomic E-state index is 0.0700. The van der Waals surface area contributed by atoms with Gasteiger partial charge in [0.2, 0.25) is 0 Å². The molecule has 1 unspecified atom stereocenters. The van der Waals surface area contributed by atoms with Crippen LogP contribution in [0.25, 0.3) is 16.9 Å². The van der Waals surface area contributed by atoms with Crippen LogP contribution in [0.4, 0.5) is 24.7 Å². The van der Waals surface area contributed by atoms with Crippen LogP contribution in [0, 0.1) is 0 Å². The summed E-state index contributed by atoms with van der Waals surface area (Å²) in [6, 6.07) is 5.19. The number of aromatic amines is 1. The van der Waals surface area contributed by atoms with Crippen LogP contribution in [-0.2, 0) is 17.3 Å². The number of halogens is 3. The van der Waals surface area contributed by atoms with E-state index in [2.05, 4.69) is 30.8 Å². The van der Waals surface area contributed by atoms with Crippen LogP contribution >= 0.6 is 0 Å². The van der Waals surface area contributed by atoms with Gasteiger partial charge < -0.3 is 21.1 Å². The molecular formula is C24H27F3N8O2. The Labute approximate surface area is 210 Å². The standard InChI is InChI=1S/C24H27F3N8O2/c1-3-15-10-16(4-5-17(15)23(36)30-7-9-37-13-14(2)28)33-21-22-31-12-19(35(22)8-6-29-21)18-11-32-34-20(18)24(25,26)27/h4-6,8,10-12,14H,3,7,9,13,28H2,1-2H3,(H,29,33)(H,30,36)(H,32,34). The van der Waals surface area contributed by atoms with Crippen LogP contribution in [0.15, 0.2) is 43.0 Å². The van der Waals surface area contributed by atoms with Gasteiger partial charge in [-0.05, 0) is 37.1 Å². The molecule has 0 saturated heterocycles. The largest absolute Gasteiger partial charge is 0.435 e. The SMILES string of the molecule is CCc1cc(Nc2nccn3c(-c4c[nH]nc4C(F)(F)F)cnc23)ccc1C(=O)NCCOCC(C)N. The number of aromatic nitrogens is 5. The third-order valence-corrected chi connectivity index (χ3v) is 5.52. The summed E-state index contributed by atoms with van der Waals surface area (Å²) < 4.78 is 47.0. The van der Waals surface area contributed by atoms with Gasteiger partial charge in [0.15, 0.2) is 17.2 Å². The number of carbonyl (C=O) groups excluding carboxylic acids is 1. The van der Waals surface area contributed by atoms with E-state index < -0.39 is 11.9 Å².